The van der Waals surface area contributed by atoms with Crippen LogP contribution in [0.15, 0.2) is 48.5 Å². The monoisotopic (exact) mass is 350 g/mol. The van der Waals surface area contributed by atoms with Crippen LogP contribution in [0.25, 0.3) is 5.65 Å². The predicted octanol–water partition coefficient (Wildman–Crippen LogP) is 2.66. The van der Waals surface area contributed by atoms with Gasteiger partial charge in [-0.1, -0.05) is 24.3 Å². The van der Waals surface area contributed by atoms with Crippen LogP contribution in [0.2, 0.25) is 0 Å². The van der Waals surface area contributed by atoms with Gasteiger partial charge in [-0.05, 0) is 49.9 Å². The van der Waals surface area contributed by atoms with Crippen molar-refractivity contribution in [1.82, 2.24) is 14.6 Å². The smallest absolute Gasteiger partial charge is 0.258 e. The van der Waals surface area contributed by atoms with Gasteiger partial charge in [0.05, 0.1) is 0 Å². The summed E-state index contributed by atoms with van der Waals surface area (Å²) >= 11 is 0. The lowest BCUT2D eigenvalue weighted by Gasteiger charge is -2.28. The maximum Gasteiger partial charge on any atom is 0.258 e. The van der Waals surface area contributed by atoms with E-state index in [1.165, 1.54) is 0 Å². The molecule has 0 bridgehead atoms. The van der Waals surface area contributed by atoms with Crippen LogP contribution in [0.5, 0.6) is 0 Å². The van der Waals surface area contributed by atoms with E-state index in [4.69, 9.17) is 5.73 Å². The van der Waals surface area contributed by atoms with Crippen molar-refractivity contribution in [3.8, 4) is 0 Å². The van der Waals surface area contributed by atoms with E-state index in [1.807, 2.05) is 36.4 Å². The summed E-state index contributed by atoms with van der Waals surface area (Å²) in [6.07, 6.45) is 4.25. The first kappa shape index (κ1) is 16.5. The molecule has 1 aliphatic carbocycles. The highest BCUT2D eigenvalue weighted by atomic mass is 16.1. The van der Waals surface area contributed by atoms with Crippen molar-refractivity contribution >= 4 is 23.3 Å². The Hall–Kier alpha value is -2.93. The molecule has 7 nitrogen and oxygen atoms in total. The van der Waals surface area contributed by atoms with Crippen LogP contribution in [0.4, 0.5) is 11.8 Å². The number of aromatic nitrogens is 3. The summed E-state index contributed by atoms with van der Waals surface area (Å²) in [4.78, 5) is 16.7. The number of nitrogens with two attached hydrogens (primary N) is 1. The summed E-state index contributed by atoms with van der Waals surface area (Å²) in [6, 6.07) is 15.4. The second-order valence-electron chi connectivity index (χ2n) is 6.70. The average Bonchev–Trinajstić information content (AvgIpc) is 3.06. The molecule has 7 heteroatoms. The molecule has 3 aromatic rings. The van der Waals surface area contributed by atoms with Crippen molar-refractivity contribution < 1.29 is 4.79 Å². The number of anilines is 2. The van der Waals surface area contributed by atoms with E-state index in [-0.39, 0.29) is 17.9 Å². The molecule has 0 saturated heterocycles. The zero-order valence-corrected chi connectivity index (χ0v) is 14.4. The molecule has 2 aromatic heterocycles. The minimum absolute atomic E-state index is 0.228. The first-order valence-corrected chi connectivity index (χ1v) is 8.93. The Kier molecular flexibility index (Phi) is 4.53. The van der Waals surface area contributed by atoms with Crippen molar-refractivity contribution in [3.63, 3.8) is 0 Å². The van der Waals surface area contributed by atoms with Crippen molar-refractivity contribution in [3.05, 3.63) is 54.1 Å². The number of benzene rings is 1. The van der Waals surface area contributed by atoms with Gasteiger partial charge in [-0.3, -0.25) is 10.1 Å². The molecule has 0 aliphatic heterocycles. The number of fused-ring (bicyclic) bond motifs is 1. The van der Waals surface area contributed by atoms with Gasteiger partial charge >= 0.3 is 0 Å². The van der Waals surface area contributed by atoms with E-state index in [9.17, 15) is 4.79 Å². The van der Waals surface area contributed by atoms with Gasteiger partial charge in [-0.2, -0.15) is 9.50 Å². The molecule has 0 spiro atoms. The lowest BCUT2D eigenvalue weighted by atomic mass is 9.92. The molecule has 2 heterocycles. The van der Waals surface area contributed by atoms with Crippen molar-refractivity contribution in [2.45, 2.75) is 37.8 Å². The zero-order chi connectivity index (χ0) is 17.9. The van der Waals surface area contributed by atoms with E-state index in [1.54, 1.807) is 16.6 Å². The van der Waals surface area contributed by atoms with Crippen LogP contribution in [0.1, 0.15) is 36.0 Å². The fraction of sp³-hybridized carbons (Fsp3) is 0.316. The molecule has 4 N–H and O–H groups in total. The molecule has 134 valence electrons. The van der Waals surface area contributed by atoms with Crippen LogP contribution in [0, 0.1) is 0 Å². The largest absolute Gasteiger partial charge is 0.367 e. The Balaban J connectivity index is 1.54. The number of pyridine rings is 1. The average molecular weight is 350 g/mol. The molecule has 2 unspecified atom stereocenters. The zero-order valence-electron chi connectivity index (χ0n) is 14.4. The summed E-state index contributed by atoms with van der Waals surface area (Å²) < 4.78 is 1.72. The summed E-state index contributed by atoms with van der Waals surface area (Å²) in [5, 5.41) is 10.7. The lowest BCUT2D eigenvalue weighted by molar-refractivity contribution is 0.102. The Bertz CT molecular complexity index is 907. The second-order valence-corrected chi connectivity index (χ2v) is 6.70. The molecule has 1 amide bonds. The summed E-state index contributed by atoms with van der Waals surface area (Å²) in [5.41, 5.74) is 7.33. The van der Waals surface area contributed by atoms with Crippen molar-refractivity contribution in [2.75, 3.05) is 10.6 Å². The summed E-state index contributed by atoms with van der Waals surface area (Å²) in [6.45, 7) is 0. The van der Waals surface area contributed by atoms with Gasteiger partial charge in [0, 0.05) is 17.6 Å². The molecule has 2 atom stereocenters. The maximum absolute atomic E-state index is 12.3. The fourth-order valence-corrected chi connectivity index (χ4v) is 3.40. The van der Waals surface area contributed by atoms with Crippen LogP contribution >= 0.6 is 0 Å². The molecular weight excluding hydrogens is 328 g/mol. The third-order valence-corrected chi connectivity index (χ3v) is 4.69. The normalized spacial score (nSPS) is 20.0. The number of carbonyl (C=O) groups is 1. The van der Waals surface area contributed by atoms with Crippen LogP contribution < -0.4 is 16.4 Å². The van der Waals surface area contributed by atoms with Crippen LogP contribution in [-0.4, -0.2) is 32.6 Å². The van der Waals surface area contributed by atoms with E-state index < -0.39 is 0 Å². The highest BCUT2D eigenvalue weighted by Gasteiger charge is 2.20. The van der Waals surface area contributed by atoms with E-state index in [0.717, 1.165) is 31.5 Å². The first-order valence-electron chi connectivity index (χ1n) is 8.93. The number of amides is 1. The standard InChI is InChI=1S/C19H22N6O/c20-14-8-4-9-15(12-14)21-16-10-5-11-17-22-19(24-25(16)17)23-18(26)13-6-2-1-3-7-13/h1-3,5-7,10-11,14-15,21H,4,8-9,12,20H2,(H,23,24,26). The number of hydrogen-bond donors (Lipinski definition) is 3. The molecule has 1 aliphatic rings. The second kappa shape index (κ2) is 7.13. The van der Waals surface area contributed by atoms with Gasteiger partial charge in [0.25, 0.3) is 5.91 Å². The van der Waals surface area contributed by atoms with E-state index >= 15 is 0 Å². The number of nitrogens with zero attached hydrogens (tertiary/aromatic N) is 3. The molecule has 1 saturated carbocycles. The van der Waals surface area contributed by atoms with Gasteiger partial charge < -0.3 is 11.1 Å². The van der Waals surface area contributed by atoms with Crippen LogP contribution in [-0.2, 0) is 0 Å². The Morgan fingerprint density at radius 2 is 1.96 bits per heavy atom. The van der Waals surface area contributed by atoms with E-state index in [2.05, 4.69) is 20.7 Å². The molecule has 4 rings (SSSR count). The Morgan fingerprint density at radius 1 is 1.12 bits per heavy atom. The van der Waals surface area contributed by atoms with Gasteiger partial charge in [0.15, 0.2) is 5.65 Å². The third-order valence-electron chi connectivity index (χ3n) is 4.69. The van der Waals surface area contributed by atoms with Gasteiger partial charge in [0.2, 0.25) is 5.95 Å². The Morgan fingerprint density at radius 3 is 2.77 bits per heavy atom. The highest BCUT2D eigenvalue weighted by molar-refractivity contribution is 6.03. The van der Waals surface area contributed by atoms with Crippen molar-refractivity contribution in [1.29, 1.82) is 0 Å². The SMILES string of the molecule is NC1CCCC(Nc2cccc3nc(NC(=O)c4ccccc4)nn23)C1. The quantitative estimate of drug-likeness (QED) is 0.672. The molecule has 26 heavy (non-hydrogen) atoms. The van der Waals surface area contributed by atoms with Crippen molar-refractivity contribution in [2.24, 2.45) is 5.73 Å². The van der Waals surface area contributed by atoms with E-state index in [0.29, 0.717) is 17.3 Å². The number of carbonyl (C=O) groups excluding carboxylic acids is 1. The lowest BCUT2D eigenvalue weighted by Crippen LogP contribution is -2.35. The molecular formula is C19H22N6O. The number of hydrogen-bond acceptors (Lipinski definition) is 5. The summed E-state index contributed by atoms with van der Waals surface area (Å²) in [5.74, 6) is 0.914. The van der Waals surface area contributed by atoms with Gasteiger partial charge in [-0.15, -0.1) is 5.10 Å². The maximum atomic E-state index is 12.3. The molecule has 0 radical (unpaired) electrons. The van der Waals surface area contributed by atoms with Gasteiger partial charge in [0.1, 0.15) is 5.82 Å². The summed E-state index contributed by atoms with van der Waals surface area (Å²) in [7, 11) is 0. The van der Waals surface area contributed by atoms with Crippen LogP contribution in [0.3, 0.4) is 0 Å². The predicted molar refractivity (Wildman–Crippen MR) is 101 cm³/mol. The minimum atomic E-state index is -0.228. The highest BCUT2D eigenvalue weighted by Crippen LogP contribution is 2.22. The third kappa shape index (κ3) is 3.52. The topological polar surface area (TPSA) is 97.3 Å². The molecule has 1 aromatic carbocycles. The number of rotatable bonds is 4. The first-order chi connectivity index (χ1) is 12.7. The fourth-order valence-electron chi connectivity index (χ4n) is 3.40. The molecule has 1 fully saturated rings. The Labute approximate surface area is 151 Å². The minimum Gasteiger partial charge on any atom is -0.367 e. The van der Waals surface area contributed by atoms with Gasteiger partial charge in [-0.25, -0.2) is 0 Å². The number of nitrogens with one attached hydrogen (secondary N) is 2.